The standard InChI is InChI=1S/C20H18ClFN6O2/c1-29-18-7-13-10-24-20(26-16-4-3-14(21)8-15(16)22)27-17(13)9-19(18)30-6-2-5-28-12-23-11-25-28/h3-4,7-12H,2,5-6H2,1H3,(H,24,26,27). The zero-order valence-corrected chi connectivity index (χ0v) is 16.8. The number of nitrogens with one attached hydrogen (secondary N) is 1. The van der Waals surface area contributed by atoms with Crippen LogP contribution >= 0.6 is 11.6 Å². The van der Waals surface area contributed by atoms with Crippen LogP contribution in [0.25, 0.3) is 10.9 Å². The minimum absolute atomic E-state index is 0.233. The highest BCUT2D eigenvalue weighted by Crippen LogP contribution is 2.32. The van der Waals surface area contributed by atoms with E-state index >= 15 is 0 Å². The van der Waals surface area contributed by atoms with Crippen LogP contribution in [0.15, 0.2) is 49.2 Å². The number of methoxy groups -OCH3 is 1. The molecule has 0 saturated carbocycles. The van der Waals surface area contributed by atoms with Crippen molar-refractivity contribution in [2.75, 3.05) is 19.0 Å². The molecule has 0 radical (unpaired) electrons. The summed E-state index contributed by atoms with van der Waals surface area (Å²) < 4.78 is 27.1. The fraction of sp³-hybridized carbons (Fsp3) is 0.200. The molecule has 2 aromatic heterocycles. The molecule has 0 bridgehead atoms. The SMILES string of the molecule is COc1cc2cnc(Nc3ccc(Cl)cc3F)nc2cc1OCCCn1cncn1. The summed E-state index contributed by atoms with van der Waals surface area (Å²) in [6, 6.07) is 7.91. The third kappa shape index (κ3) is 4.57. The maximum Gasteiger partial charge on any atom is 0.227 e. The van der Waals surface area contributed by atoms with Gasteiger partial charge in [-0.2, -0.15) is 5.10 Å². The summed E-state index contributed by atoms with van der Waals surface area (Å²) in [6.45, 7) is 1.16. The number of aromatic nitrogens is 5. The minimum Gasteiger partial charge on any atom is -0.493 e. The van der Waals surface area contributed by atoms with Crippen molar-refractivity contribution >= 4 is 34.1 Å². The number of nitrogens with zero attached hydrogens (tertiary/aromatic N) is 5. The first-order valence-electron chi connectivity index (χ1n) is 9.14. The molecule has 4 aromatic rings. The van der Waals surface area contributed by atoms with Gasteiger partial charge in [0.25, 0.3) is 0 Å². The lowest BCUT2D eigenvalue weighted by Crippen LogP contribution is -2.06. The average Bonchev–Trinajstić information content (AvgIpc) is 3.26. The van der Waals surface area contributed by atoms with Crippen molar-refractivity contribution in [2.45, 2.75) is 13.0 Å². The third-order valence-corrected chi connectivity index (χ3v) is 4.53. The van der Waals surface area contributed by atoms with Gasteiger partial charge in [-0.05, 0) is 24.3 Å². The van der Waals surface area contributed by atoms with Gasteiger partial charge in [-0.15, -0.1) is 0 Å². The molecular formula is C20H18ClFN6O2. The van der Waals surface area contributed by atoms with E-state index in [2.05, 4.69) is 25.4 Å². The molecule has 0 aliphatic rings. The van der Waals surface area contributed by atoms with Crippen molar-refractivity contribution in [2.24, 2.45) is 0 Å². The Kier molecular flexibility index (Phi) is 5.89. The van der Waals surface area contributed by atoms with Gasteiger partial charge in [0, 0.05) is 35.6 Å². The Labute approximate surface area is 176 Å². The summed E-state index contributed by atoms with van der Waals surface area (Å²) >= 11 is 5.79. The second-order valence-corrected chi connectivity index (χ2v) is 6.80. The van der Waals surface area contributed by atoms with E-state index in [-0.39, 0.29) is 11.6 Å². The first-order valence-corrected chi connectivity index (χ1v) is 9.52. The van der Waals surface area contributed by atoms with Gasteiger partial charge in [0.15, 0.2) is 11.5 Å². The molecule has 0 spiro atoms. The Bertz CT molecular complexity index is 1160. The molecule has 0 aliphatic heterocycles. The molecule has 4 rings (SSSR count). The van der Waals surface area contributed by atoms with Crippen LogP contribution in [0.3, 0.4) is 0 Å². The lowest BCUT2D eigenvalue weighted by atomic mass is 10.2. The zero-order chi connectivity index (χ0) is 20.9. The molecule has 8 nitrogen and oxygen atoms in total. The van der Waals surface area contributed by atoms with Crippen molar-refractivity contribution in [3.63, 3.8) is 0 Å². The highest BCUT2D eigenvalue weighted by atomic mass is 35.5. The summed E-state index contributed by atoms with van der Waals surface area (Å²) in [5, 5.41) is 8.00. The molecule has 0 aliphatic carbocycles. The predicted octanol–water partition coefficient (Wildman–Crippen LogP) is 4.24. The van der Waals surface area contributed by atoms with Crippen molar-refractivity contribution in [1.29, 1.82) is 0 Å². The molecule has 0 amide bonds. The molecule has 30 heavy (non-hydrogen) atoms. The van der Waals surface area contributed by atoms with Crippen LogP contribution in [0.5, 0.6) is 11.5 Å². The van der Waals surface area contributed by atoms with Gasteiger partial charge in [-0.1, -0.05) is 11.6 Å². The molecule has 0 saturated heterocycles. The topological polar surface area (TPSA) is 87.0 Å². The quantitative estimate of drug-likeness (QED) is 0.420. The van der Waals surface area contributed by atoms with Crippen LogP contribution in [0.2, 0.25) is 5.02 Å². The maximum absolute atomic E-state index is 14.0. The van der Waals surface area contributed by atoms with Crippen molar-refractivity contribution in [3.05, 3.63) is 60.0 Å². The molecule has 1 N–H and O–H groups in total. The van der Waals surface area contributed by atoms with Crippen LogP contribution in [0, 0.1) is 5.82 Å². The summed E-state index contributed by atoms with van der Waals surface area (Å²) in [5.41, 5.74) is 0.866. The molecule has 154 valence electrons. The Hall–Kier alpha value is -3.46. The largest absolute Gasteiger partial charge is 0.493 e. The van der Waals surface area contributed by atoms with Gasteiger partial charge in [0.05, 0.1) is 24.9 Å². The number of hydrogen-bond donors (Lipinski definition) is 1. The van der Waals surface area contributed by atoms with Crippen molar-refractivity contribution < 1.29 is 13.9 Å². The van der Waals surface area contributed by atoms with Gasteiger partial charge in [0.2, 0.25) is 5.95 Å². The molecule has 0 fully saturated rings. The Morgan fingerprint density at radius 3 is 2.87 bits per heavy atom. The van der Waals surface area contributed by atoms with Gasteiger partial charge in [-0.25, -0.2) is 19.3 Å². The van der Waals surface area contributed by atoms with Gasteiger partial charge in [0.1, 0.15) is 18.5 Å². The van der Waals surface area contributed by atoms with E-state index < -0.39 is 5.82 Å². The Balaban J connectivity index is 1.51. The Morgan fingerprint density at radius 2 is 2.10 bits per heavy atom. The number of benzene rings is 2. The monoisotopic (exact) mass is 428 g/mol. The van der Waals surface area contributed by atoms with E-state index in [0.29, 0.717) is 35.2 Å². The van der Waals surface area contributed by atoms with Gasteiger partial charge >= 0.3 is 0 Å². The zero-order valence-electron chi connectivity index (χ0n) is 16.0. The number of anilines is 2. The van der Waals surface area contributed by atoms with E-state index in [1.165, 1.54) is 18.5 Å². The summed E-state index contributed by atoms with van der Waals surface area (Å²) in [6.07, 6.45) is 5.53. The normalized spacial score (nSPS) is 10.9. The number of rotatable bonds is 8. The third-order valence-electron chi connectivity index (χ3n) is 4.30. The Morgan fingerprint density at radius 1 is 1.20 bits per heavy atom. The summed E-state index contributed by atoms with van der Waals surface area (Å²) in [4.78, 5) is 12.6. The molecular weight excluding hydrogens is 411 g/mol. The van der Waals surface area contributed by atoms with E-state index in [9.17, 15) is 4.39 Å². The molecule has 2 heterocycles. The summed E-state index contributed by atoms with van der Waals surface area (Å²) in [5.74, 6) is 0.908. The van der Waals surface area contributed by atoms with E-state index in [0.717, 1.165) is 11.8 Å². The van der Waals surface area contributed by atoms with Gasteiger partial charge in [-0.3, -0.25) is 4.68 Å². The van der Waals surface area contributed by atoms with Crippen LogP contribution in [-0.2, 0) is 6.54 Å². The second-order valence-electron chi connectivity index (χ2n) is 6.37. The highest BCUT2D eigenvalue weighted by Gasteiger charge is 2.11. The number of fused-ring (bicyclic) bond motifs is 1. The van der Waals surface area contributed by atoms with Crippen LogP contribution in [0.4, 0.5) is 16.0 Å². The first kappa shape index (κ1) is 19.8. The lowest BCUT2D eigenvalue weighted by Gasteiger charge is -2.12. The number of hydrogen-bond acceptors (Lipinski definition) is 7. The van der Waals surface area contributed by atoms with Gasteiger partial charge < -0.3 is 14.8 Å². The fourth-order valence-corrected chi connectivity index (χ4v) is 3.00. The van der Waals surface area contributed by atoms with Crippen LogP contribution < -0.4 is 14.8 Å². The van der Waals surface area contributed by atoms with E-state index in [1.54, 1.807) is 42.5 Å². The minimum atomic E-state index is -0.489. The number of halogens is 2. The van der Waals surface area contributed by atoms with Crippen LogP contribution in [-0.4, -0.2) is 38.4 Å². The highest BCUT2D eigenvalue weighted by molar-refractivity contribution is 6.30. The smallest absolute Gasteiger partial charge is 0.227 e. The molecule has 2 aromatic carbocycles. The number of aryl methyl sites for hydroxylation is 1. The van der Waals surface area contributed by atoms with Crippen molar-refractivity contribution in [3.8, 4) is 11.5 Å². The number of ether oxygens (including phenoxy) is 2. The molecule has 0 unspecified atom stereocenters. The first-order chi connectivity index (χ1) is 14.6. The molecule has 0 atom stereocenters. The maximum atomic E-state index is 14.0. The predicted molar refractivity (Wildman–Crippen MR) is 111 cm³/mol. The average molecular weight is 429 g/mol. The second kappa shape index (κ2) is 8.91. The summed E-state index contributed by atoms with van der Waals surface area (Å²) in [7, 11) is 1.57. The van der Waals surface area contributed by atoms with Crippen LogP contribution in [0.1, 0.15) is 6.42 Å². The lowest BCUT2D eigenvalue weighted by molar-refractivity contribution is 0.281. The van der Waals surface area contributed by atoms with E-state index in [4.69, 9.17) is 21.1 Å². The molecule has 10 heteroatoms. The fourth-order valence-electron chi connectivity index (χ4n) is 2.84. The van der Waals surface area contributed by atoms with Crippen molar-refractivity contribution in [1.82, 2.24) is 24.7 Å². The van der Waals surface area contributed by atoms with E-state index in [1.807, 2.05) is 0 Å².